The number of carboxylic acid groups (broad SMARTS) is 2. The number of esters is 1. The molecule has 126 valence electrons. The van der Waals surface area contributed by atoms with Crippen molar-refractivity contribution in [3.8, 4) is 0 Å². The van der Waals surface area contributed by atoms with Crippen LogP contribution in [0.3, 0.4) is 0 Å². The molecule has 0 aliphatic heterocycles. The largest absolute Gasteiger partial charge is 0.466 e. The number of hydrogen-bond acceptors (Lipinski definition) is 8. The Morgan fingerprint density at radius 2 is 1.27 bits per heavy atom. The molecule has 0 amide bonds. The molecule has 0 fully saturated rings. The molecule has 0 radical (unpaired) electrons. The van der Waals surface area contributed by atoms with Crippen molar-refractivity contribution >= 4 is 40.3 Å². The van der Waals surface area contributed by atoms with Crippen LogP contribution in [0.2, 0.25) is 0 Å². The van der Waals surface area contributed by atoms with Gasteiger partial charge in [0.1, 0.15) is 12.2 Å². The Kier molecular flexibility index (Phi) is 28.5. The Morgan fingerprint density at radius 3 is 1.41 bits per heavy atom. The molecule has 22 heavy (non-hydrogen) atoms. The van der Waals surface area contributed by atoms with Gasteiger partial charge < -0.3 is 24.5 Å². The number of ketones is 1. The first-order valence-corrected chi connectivity index (χ1v) is 6.73. The van der Waals surface area contributed by atoms with E-state index in [1.165, 1.54) is 6.92 Å². The van der Waals surface area contributed by atoms with Crippen molar-refractivity contribution in [3.05, 3.63) is 0 Å². The minimum absolute atomic E-state index is 0.103. The Labute approximate surface area is 139 Å². The van der Waals surface area contributed by atoms with E-state index in [0.717, 1.165) is 13.8 Å². The van der Waals surface area contributed by atoms with Gasteiger partial charge in [0.15, 0.2) is 0 Å². The van der Waals surface area contributed by atoms with Gasteiger partial charge in [-0.2, -0.15) is 0 Å². The predicted octanol–water partition coefficient (Wildman–Crippen LogP) is -1.46. The second kappa shape index (κ2) is 21.9. The minimum atomic E-state index is -1.08. The van der Waals surface area contributed by atoms with Gasteiger partial charge in [0.2, 0.25) is 0 Å². The molecule has 0 heterocycles. The van der Waals surface area contributed by atoms with Gasteiger partial charge in [0.05, 0.1) is 6.61 Å². The summed E-state index contributed by atoms with van der Waals surface area (Å²) >= 11 is 2.19. The van der Waals surface area contributed by atoms with Gasteiger partial charge in [-0.15, -0.1) is 0 Å². The molecule has 0 aromatic heterocycles. The molecule has 0 N–H and O–H groups in total. The number of aliphatic carboxylic acids is 2. The van der Waals surface area contributed by atoms with Crippen LogP contribution in [0.1, 0.15) is 48.0 Å². The smallest absolute Gasteiger partial charge is 0.313 e. The maximum Gasteiger partial charge on any atom is 0.313 e. The van der Waals surface area contributed by atoms with Crippen LogP contribution in [-0.4, -0.2) is 53.0 Å². The Hall–Kier alpha value is -1.43. The molecule has 0 aromatic rings. The topological polar surface area (TPSA) is 133 Å². The second-order valence-corrected chi connectivity index (χ2v) is 4.12. The summed E-state index contributed by atoms with van der Waals surface area (Å²) in [6, 6.07) is 0. The predicted molar refractivity (Wildman–Crippen MR) is 75.3 cm³/mol. The number of carboxylic acids is 2. The van der Waals surface area contributed by atoms with E-state index in [-0.39, 0.29) is 12.2 Å². The van der Waals surface area contributed by atoms with Gasteiger partial charge in [0.25, 0.3) is 0 Å². The van der Waals surface area contributed by atoms with Crippen LogP contribution in [0.5, 0.6) is 0 Å². The number of rotatable bonds is 4. The van der Waals surface area contributed by atoms with Crippen LogP contribution in [0.4, 0.5) is 0 Å². The summed E-state index contributed by atoms with van der Waals surface area (Å²) in [6.45, 7) is 9.31. The average Bonchev–Trinajstić information content (AvgIpc) is 2.27. The van der Waals surface area contributed by atoms with Crippen LogP contribution in [0.25, 0.3) is 0 Å². The average molecular weight is 334 g/mol. The summed E-state index contributed by atoms with van der Waals surface area (Å²) in [5.41, 5.74) is 0. The number of carbonyl (C=O) groups excluding carboxylic acids is 4. The summed E-state index contributed by atoms with van der Waals surface area (Å²) in [5, 5.41) is 17.8. The van der Waals surface area contributed by atoms with E-state index in [4.69, 9.17) is 19.8 Å². The van der Waals surface area contributed by atoms with Crippen molar-refractivity contribution < 1.29 is 37.9 Å². The van der Waals surface area contributed by atoms with E-state index in [1.54, 1.807) is 6.92 Å². The fourth-order valence-corrected chi connectivity index (χ4v) is 0.415. The first-order chi connectivity index (χ1) is 9.90. The van der Waals surface area contributed by atoms with E-state index in [0.29, 0.717) is 12.7 Å². The van der Waals surface area contributed by atoms with Crippen molar-refractivity contribution in [3.63, 3.8) is 0 Å². The molecule has 0 aliphatic carbocycles. The normalized spacial score (nSPS) is 8.05. The van der Waals surface area contributed by atoms with E-state index in [1.807, 2.05) is 13.8 Å². The number of hydrogen-bond donors (Lipinski definition) is 0. The molecule has 0 rings (SSSR count). The maximum absolute atomic E-state index is 10.4. The standard InChI is InChI=1S/C6H10O3.C3H7O.2C2H4O2.Al/c1-3-9-6(8)4-5(2)7;1-3(2)4;2*1-2(3)4;/h3-4H2,1-2H3;3H,1-2H3;2*1H3,(H,3,4);/q;-1;;;+3/p-2. The molecular weight excluding hydrogens is 311 g/mol. The molecule has 0 atom stereocenters. The molecule has 0 saturated carbocycles. The fourth-order valence-electron chi connectivity index (χ4n) is 0.415. The summed E-state index contributed by atoms with van der Waals surface area (Å²) in [6.07, 6.45) is 0.244. The van der Waals surface area contributed by atoms with E-state index >= 15 is 0 Å². The van der Waals surface area contributed by atoms with Crippen molar-refractivity contribution in [2.45, 2.75) is 54.1 Å². The zero-order valence-electron chi connectivity index (χ0n) is 13.8. The van der Waals surface area contributed by atoms with Gasteiger partial charge in [-0.3, -0.25) is 9.59 Å². The van der Waals surface area contributed by atoms with Gasteiger partial charge in [-0.05, 0) is 27.7 Å². The SMILES string of the molecule is CC(=O)[O-].CC(=O)[O-].CC(C)[O][Al+2].CCOC(=O)CC(C)=O. The third kappa shape index (κ3) is 100. The van der Waals surface area contributed by atoms with Crippen LogP contribution in [-0.2, 0) is 27.7 Å². The van der Waals surface area contributed by atoms with E-state index in [9.17, 15) is 9.59 Å². The van der Waals surface area contributed by atoms with Crippen molar-refractivity contribution in [1.82, 2.24) is 0 Å². The molecular formula is C13H23AlO8. The van der Waals surface area contributed by atoms with Crippen molar-refractivity contribution in [1.29, 1.82) is 0 Å². The Morgan fingerprint density at radius 1 is 1.00 bits per heavy atom. The molecule has 0 spiro atoms. The number of carbonyl (C=O) groups is 4. The first-order valence-electron chi connectivity index (χ1n) is 6.26. The number of Topliss-reactive ketones (excluding diaryl/α,β-unsaturated/α-hetero) is 1. The zero-order valence-corrected chi connectivity index (χ0v) is 15.0. The third-order valence-corrected chi connectivity index (χ3v) is 1.52. The van der Waals surface area contributed by atoms with E-state index in [2.05, 4.69) is 25.1 Å². The summed E-state index contributed by atoms with van der Waals surface area (Å²) in [5.74, 6) is -2.77. The van der Waals surface area contributed by atoms with Crippen molar-refractivity contribution in [2.75, 3.05) is 6.61 Å². The van der Waals surface area contributed by atoms with E-state index < -0.39 is 17.9 Å². The molecule has 0 unspecified atom stereocenters. The van der Waals surface area contributed by atoms with Crippen LogP contribution < -0.4 is 10.2 Å². The van der Waals surface area contributed by atoms with Crippen LogP contribution >= 0.6 is 0 Å². The molecule has 8 nitrogen and oxygen atoms in total. The van der Waals surface area contributed by atoms with Gasteiger partial charge in [-0.25, -0.2) is 0 Å². The summed E-state index contributed by atoms with van der Waals surface area (Å²) in [4.78, 5) is 38.4. The maximum atomic E-state index is 10.4. The molecule has 0 saturated heterocycles. The van der Waals surface area contributed by atoms with Crippen LogP contribution in [0, 0.1) is 0 Å². The zero-order chi connectivity index (χ0) is 18.7. The quantitative estimate of drug-likeness (QED) is 0.346. The molecule has 9 heteroatoms. The monoisotopic (exact) mass is 334 g/mol. The first kappa shape index (κ1) is 28.7. The van der Waals surface area contributed by atoms with Gasteiger partial charge in [-0.1, -0.05) is 0 Å². The van der Waals surface area contributed by atoms with Gasteiger partial charge >= 0.3 is 46.3 Å². The second-order valence-electron chi connectivity index (χ2n) is 3.85. The summed E-state index contributed by atoms with van der Waals surface area (Å²) < 4.78 is 9.16. The minimum Gasteiger partial charge on any atom is -0.466 e. The fraction of sp³-hybridized carbons (Fsp3) is 0.692. The molecule has 0 aromatic carbocycles. The van der Waals surface area contributed by atoms with Crippen LogP contribution in [0.15, 0.2) is 0 Å². The molecule has 0 aliphatic rings. The number of ether oxygens (including phenoxy) is 1. The van der Waals surface area contributed by atoms with Gasteiger partial charge in [0, 0.05) is 11.9 Å². The Bertz CT molecular complexity index is 295. The summed E-state index contributed by atoms with van der Waals surface area (Å²) in [7, 11) is 0. The Balaban J connectivity index is -0.000000107. The van der Waals surface area contributed by atoms with Crippen molar-refractivity contribution in [2.24, 2.45) is 0 Å². The molecule has 0 bridgehead atoms. The third-order valence-electron chi connectivity index (χ3n) is 0.971.